The Bertz CT molecular complexity index is 976. The number of nitrogens with zero attached hydrogens (tertiary/aromatic N) is 2. The lowest BCUT2D eigenvalue weighted by molar-refractivity contribution is -0.115. The summed E-state index contributed by atoms with van der Waals surface area (Å²) in [6.07, 6.45) is 0.336. The van der Waals surface area contributed by atoms with E-state index in [-0.39, 0.29) is 17.0 Å². The molecule has 1 aromatic heterocycles. The van der Waals surface area contributed by atoms with E-state index in [0.29, 0.717) is 28.1 Å². The van der Waals surface area contributed by atoms with Crippen LogP contribution in [0.25, 0.3) is 0 Å². The van der Waals surface area contributed by atoms with Gasteiger partial charge in [0, 0.05) is 17.0 Å². The van der Waals surface area contributed by atoms with Gasteiger partial charge in [-0.3, -0.25) is 4.79 Å². The quantitative estimate of drug-likeness (QED) is 0.621. The number of hydrogen-bond donors (Lipinski definition) is 1. The average molecular weight is 422 g/mol. The van der Waals surface area contributed by atoms with Crippen molar-refractivity contribution in [2.75, 3.05) is 19.5 Å². The van der Waals surface area contributed by atoms with Crippen molar-refractivity contribution in [3.8, 4) is 11.5 Å². The Morgan fingerprint density at radius 3 is 2.68 bits per heavy atom. The lowest BCUT2D eigenvalue weighted by Crippen LogP contribution is -2.15. The van der Waals surface area contributed by atoms with Crippen molar-refractivity contribution < 1.29 is 18.7 Å². The first kappa shape index (κ1) is 20.0. The summed E-state index contributed by atoms with van der Waals surface area (Å²) >= 11 is 7.20. The van der Waals surface area contributed by atoms with E-state index in [1.165, 1.54) is 23.5 Å². The second-order valence-corrected chi connectivity index (χ2v) is 7.26. The predicted octanol–water partition coefficient (Wildman–Crippen LogP) is 4.12. The van der Waals surface area contributed by atoms with Gasteiger partial charge in [-0.2, -0.15) is 0 Å². The zero-order chi connectivity index (χ0) is 20.1. The van der Waals surface area contributed by atoms with E-state index in [1.54, 1.807) is 20.3 Å². The molecule has 9 heteroatoms. The van der Waals surface area contributed by atoms with Crippen molar-refractivity contribution in [1.82, 2.24) is 10.2 Å². The number of amides is 1. The molecule has 0 atom stereocenters. The van der Waals surface area contributed by atoms with E-state index < -0.39 is 11.7 Å². The van der Waals surface area contributed by atoms with E-state index in [9.17, 15) is 9.18 Å². The Morgan fingerprint density at radius 1 is 1.18 bits per heavy atom. The van der Waals surface area contributed by atoms with Crippen LogP contribution in [-0.4, -0.2) is 30.3 Å². The number of halogens is 2. The van der Waals surface area contributed by atoms with Crippen molar-refractivity contribution >= 4 is 34.0 Å². The van der Waals surface area contributed by atoms with Crippen molar-refractivity contribution in [2.45, 2.75) is 12.8 Å². The molecule has 0 saturated heterocycles. The number of aromatic nitrogens is 2. The fourth-order valence-corrected chi connectivity index (χ4v) is 3.59. The van der Waals surface area contributed by atoms with Crippen LogP contribution in [0.1, 0.15) is 16.1 Å². The first-order valence-corrected chi connectivity index (χ1v) is 9.45. The number of methoxy groups -OCH3 is 2. The van der Waals surface area contributed by atoms with Crippen LogP contribution in [0.3, 0.4) is 0 Å². The first-order valence-electron chi connectivity index (χ1n) is 8.26. The van der Waals surface area contributed by atoms with Crippen LogP contribution in [0, 0.1) is 5.82 Å². The summed E-state index contributed by atoms with van der Waals surface area (Å²) < 4.78 is 24.3. The van der Waals surface area contributed by atoms with E-state index in [4.69, 9.17) is 21.1 Å². The Balaban J connectivity index is 1.65. The maximum Gasteiger partial charge on any atom is 0.230 e. The number of benzene rings is 2. The van der Waals surface area contributed by atoms with Crippen LogP contribution in [0.2, 0.25) is 5.02 Å². The largest absolute Gasteiger partial charge is 0.493 e. The Labute approximate surface area is 170 Å². The van der Waals surface area contributed by atoms with E-state index in [0.717, 1.165) is 5.56 Å². The maximum atomic E-state index is 13.8. The summed E-state index contributed by atoms with van der Waals surface area (Å²) in [7, 11) is 3.15. The number of nitrogens with one attached hydrogen (secondary N) is 1. The number of hydrogen-bond acceptors (Lipinski definition) is 6. The third kappa shape index (κ3) is 4.76. The highest BCUT2D eigenvalue weighted by Gasteiger charge is 2.14. The van der Waals surface area contributed by atoms with Gasteiger partial charge in [0.25, 0.3) is 0 Å². The fourth-order valence-electron chi connectivity index (χ4n) is 2.57. The molecule has 1 heterocycles. The molecule has 0 aliphatic carbocycles. The SMILES string of the molecule is COc1ccc(Cc2nnc(NC(=O)Cc3c(F)cccc3Cl)s2)cc1OC. The number of ether oxygens (including phenoxy) is 2. The van der Waals surface area contributed by atoms with Gasteiger partial charge in [0.05, 0.1) is 20.6 Å². The van der Waals surface area contributed by atoms with Crippen molar-refractivity contribution in [3.63, 3.8) is 0 Å². The fraction of sp³-hybridized carbons (Fsp3) is 0.211. The Hall–Kier alpha value is -2.71. The molecule has 0 unspecified atom stereocenters. The van der Waals surface area contributed by atoms with Gasteiger partial charge < -0.3 is 14.8 Å². The third-order valence-electron chi connectivity index (χ3n) is 3.92. The Morgan fingerprint density at radius 2 is 1.96 bits per heavy atom. The summed E-state index contributed by atoms with van der Waals surface area (Å²) in [5.74, 6) is 0.331. The van der Waals surface area contributed by atoms with Gasteiger partial charge in [0.1, 0.15) is 10.8 Å². The molecule has 0 aliphatic heterocycles. The second-order valence-electron chi connectivity index (χ2n) is 5.79. The summed E-state index contributed by atoms with van der Waals surface area (Å²) in [4.78, 5) is 12.2. The highest BCUT2D eigenvalue weighted by atomic mass is 35.5. The summed E-state index contributed by atoms with van der Waals surface area (Å²) in [6, 6.07) is 9.88. The molecule has 1 amide bonds. The van der Waals surface area contributed by atoms with Crippen LogP contribution in [0.15, 0.2) is 36.4 Å². The molecule has 3 rings (SSSR count). The standard InChI is InChI=1S/C19H17ClFN3O3S/c1-26-15-7-6-11(8-16(15)27-2)9-18-23-24-19(28-18)22-17(25)10-12-13(20)4-3-5-14(12)21/h3-8H,9-10H2,1-2H3,(H,22,24,25). The zero-order valence-electron chi connectivity index (χ0n) is 15.2. The molecule has 2 aromatic carbocycles. The van der Waals surface area contributed by atoms with E-state index in [1.807, 2.05) is 18.2 Å². The first-order chi connectivity index (χ1) is 13.5. The molecular formula is C19H17ClFN3O3S. The minimum Gasteiger partial charge on any atom is -0.493 e. The Kier molecular flexibility index (Phi) is 6.43. The molecule has 0 aliphatic rings. The minimum absolute atomic E-state index is 0.150. The minimum atomic E-state index is -0.519. The highest BCUT2D eigenvalue weighted by molar-refractivity contribution is 7.15. The van der Waals surface area contributed by atoms with E-state index in [2.05, 4.69) is 15.5 Å². The van der Waals surface area contributed by atoms with Crippen molar-refractivity contribution in [3.05, 3.63) is 63.4 Å². The van der Waals surface area contributed by atoms with Crippen LogP contribution in [-0.2, 0) is 17.6 Å². The smallest absolute Gasteiger partial charge is 0.230 e. The lowest BCUT2D eigenvalue weighted by atomic mass is 10.1. The predicted molar refractivity (Wildman–Crippen MR) is 106 cm³/mol. The summed E-state index contributed by atoms with van der Waals surface area (Å²) in [6.45, 7) is 0. The molecule has 146 valence electrons. The highest BCUT2D eigenvalue weighted by Crippen LogP contribution is 2.29. The second kappa shape index (κ2) is 8.99. The van der Waals surface area contributed by atoms with Crippen molar-refractivity contribution in [1.29, 1.82) is 0 Å². The number of carbonyl (C=O) groups is 1. The molecule has 3 aromatic rings. The molecule has 0 fully saturated rings. The zero-order valence-corrected chi connectivity index (χ0v) is 16.7. The maximum absolute atomic E-state index is 13.8. The molecule has 0 bridgehead atoms. The van der Waals surface area contributed by atoms with Crippen LogP contribution < -0.4 is 14.8 Å². The number of carbonyl (C=O) groups excluding carboxylic acids is 1. The van der Waals surface area contributed by atoms with Gasteiger partial charge in [-0.05, 0) is 29.8 Å². The third-order valence-corrected chi connectivity index (χ3v) is 5.11. The molecule has 0 spiro atoms. The summed E-state index contributed by atoms with van der Waals surface area (Å²) in [5.41, 5.74) is 1.11. The number of rotatable bonds is 7. The van der Waals surface area contributed by atoms with Crippen LogP contribution in [0.5, 0.6) is 11.5 Å². The van der Waals surface area contributed by atoms with Crippen LogP contribution >= 0.6 is 22.9 Å². The molecule has 0 radical (unpaired) electrons. The van der Waals surface area contributed by atoms with Gasteiger partial charge in [-0.1, -0.05) is 35.1 Å². The van der Waals surface area contributed by atoms with Gasteiger partial charge >= 0.3 is 0 Å². The van der Waals surface area contributed by atoms with E-state index >= 15 is 0 Å². The number of anilines is 1. The van der Waals surface area contributed by atoms with Gasteiger partial charge in [-0.25, -0.2) is 4.39 Å². The summed E-state index contributed by atoms with van der Waals surface area (Å²) in [5, 5.41) is 11.9. The van der Waals surface area contributed by atoms with Crippen molar-refractivity contribution in [2.24, 2.45) is 0 Å². The van der Waals surface area contributed by atoms with Gasteiger partial charge in [0.15, 0.2) is 11.5 Å². The molecule has 0 saturated carbocycles. The monoisotopic (exact) mass is 421 g/mol. The molecule has 6 nitrogen and oxygen atoms in total. The lowest BCUT2D eigenvalue weighted by Gasteiger charge is -2.08. The van der Waals surface area contributed by atoms with Gasteiger partial charge in [-0.15, -0.1) is 10.2 Å². The molecule has 28 heavy (non-hydrogen) atoms. The van der Waals surface area contributed by atoms with Gasteiger partial charge in [0.2, 0.25) is 11.0 Å². The normalized spacial score (nSPS) is 10.6. The van der Waals surface area contributed by atoms with Crippen LogP contribution in [0.4, 0.5) is 9.52 Å². The average Bonchev–Trinajstić information content (AvgIpc) is 3.11. The molecule has 1 N–H and O–H groups in total. The molecular weight excluding hydrogens is 405 g/mol. The topological polar surface area (TPSA) is 73.3 Å².